The maximum absolute atomic E-state index is 11.4. The van der Waals surface area contributed by atoms with Crippen molar-refractivity contribution in [2.75, 3.05) is 18.9 Å². The van der Waals surface area contributed by atoms with E-state index in [1.807, 2.05) is 0 Å². The van der Waals surface area contributed by atoms with Crippen molar-refractivity contribution in [1.29, 1.82) is 0 Å². The highest BCUT2D eigenvalue weighted by Gasteiger charge is 2.18. The molecular weight excluding hydrogens is 202 g/mol. The van der Waals surface area contributed by atoms with E-state index in [1.165, 1.54) is 0 Å². The van der Waals surface area contributed by atoms with Gasteiger partial charge in [-0.1, -0.05) is 19.8 Å². The summed E-state index contributed by atoms with van der Waals surface area (Å²) < 4.78 is 22.7. The second-order valence-corrected chi connectivity index (χ2v) is 5.84. The molecule has 0 aromatic carbocycles. The maximum atomic E-state index is 11.4. The minimum absolute atomic E-state index is 0.158. The normalized spacial score (nSPS) is 14.2. The molecule has 2 N–H and O–H groups in total. The SMILES string of the molecule is CCCCCNC(C)S(=O)(=O)CCO. The Morgan fingerprint density at radius 1 is 1.36 bits per heavy atom. The number of unbranched alkanes of at least 4 members (excludes halogenated alkanes) is 2. The van der Waals surface area contributed by atoms with Crippen LogP contribution in [0.1, 0.15) is 33.1 Å². The fourth-order valence-electron chi connectivity index (χ4n) is 1.11. The Hall–Kier alpha value is -0.130. The van der Waals surface area contributed by atoms with Gasteiger partial charge in [0.1, 0.15) is 5.37 Å². The van der Waals surface area contributed by atoms with Crippen LogP contribution < -0.4 is 5.32 Å². The number of nitrogens with one attached hydrogen (secondary N) is 1. The Balaban J connectivity index is 3.78. The van der Waals surface area contributed by atoms with Crippen molar-refractivity contribution in [3.05, 3.63) is 0 Å². The molecule has 0 aliphatic carbocycles. The molecule has 0 aliphatic rings. The summed E-state index contributed by atoms with van der Waals surface area (Å²) in [6, 6.07) is 0. The monoisotopic (exact) mass is 223 g/mol. The molecule has 86 valence electrons. The van der Waals surface area contributed by atoms with Crippen LogP contribution in [-0.2, 0) is 9.84 Å². The van der Waals surface area contributed by atoms with Crippen LogP contribution in [0.5, 0.6) is 0 Å². The Kier molecular flexibility index (Phi) is 7.13. The lowest BCUT2D eigenvalue weighted by molar-refractivity contribution is 0.319. The third kappa shape index (κ3) is 5.57. The summed E-state index contributed by atoms with van der Waals surface area (Å²) in [4.78, 5) is 0. The molecule has 0 radical (unpaired) electrons. The number of aliphatic hydroxyl groups excluding tert-OH is 1. The molecule has 0 fully saturated rings. The van der Waals surface area contributed by atoms with Crippen LogP contribution in [0.25, 0.3) is 0 Å². The summed E-state index contributed by atoms with van der Waals surface area (Å²) >= 11 is 0. The fraction of sp³-hybridized carbons (Fsp3) is 1.00. The highest BCUT2D eigenvalue weighted by Crippen LogP contribution is 1.99. The first-order valence-electron chi connectivity index (χ1n) is 5.10. The molecule has 1 unspecified atom stereocenters. The summed E-state index contributed by atoms with van der Waals surface area (Å²) in [6.07, 6.45) is 3.23. The third-order valence-electron chi connectivity index (χ3n) is 2.13. The van der Waals surface area contributed by atoms with Crippen molar-refractivity contribution in [1.82, 2.24) is 5.32 Å². The largest absolute Gasteiger partial charge is 0.395 e. The van der Waals surface area contributed by atoms with Crippen LogP contribution >= 0.6 is 0 Å². The summed E-state index contributed by atoms with van der Waals surface area (Å²) in [5, 5.41) is 10.9. The van der Waals surface area contributed by atoms with Gasteiger partial charge in [-0.15, -0.1) is 0 Å². The quantitative estimate of drug-likeness (QED) is 0.589. The molecule has 0 bridgehead atoms. The lowest BCUT2D eigenvalue weighted by Gasteiger charge is -2.13. The molecule has 0 spiro atoms. The van der Waals surface area contributed by atoms with E-state index in [-0.39, 0.29) is 12.4 Å². The molecule has 0 rings (SSSR count). The molecule has 0 aliphatic heterocycles. The van der Waals surface area contributed by atoms with Gasteiger partial charge in [0.05, 0.1) is 12.4 Å². The Bertz CT molecular complexity index is 226. The van der Waals surface area contributed by atoms with Gasteiger partial charge in [-0.05, 0) is 19.9 Å². The lowest BCUT2D eigenvalue weighted by atomic mass is 10.2. The molecule has 4 nitrogen and oxygen atoms in total. The predicted molar refractivity (Wildman–Crippen MR) is 57.9 cm³/mol. The number of hydrogen-bond acceptors (Lipinski definition) is 4. The first-order chi connectivity index (χ1) is 6.54. The van der Waals surface area contributed by atoms with E-state index in [2.05, 4.69) is 12.2 Å². The number of sulfone groups is 1. The van der Waals surface area contributed by atoms with E-state index in [0.717, 1.165) is 25.8 Å². The minimum atomic E-state index is -3.16. The molecule has 0 aromatic rings. The van der Waals surface area contributed by atoms with Crippen LogP contribution in [0.2, 0.25) is 0 Å². The minimum Gasteiger partial charge on any atom is -0.395 e. The average Bonchev–Trinajstić information content (AvgIpc) is 2.12. The topological polar surface area (TPSA) is 66.4 Å². The fourth-order valence-corrected chi connectivity index (χ4v) is 2.09. The molecular formula is C9H21NO3S. The van der Waals surface area contributed by atoms with Gasteiger partial charge in [-0.25, -0.2) is 8.42 Å². The zero-order valence-corrected chi connectivity index (χ0v) is 9.81. The zero-order chi connectivity index (χ0) is 11.0. The van der Waals surface area contributed by atoms with Crippen LogP contribution in [0.4, 0.5) is 0 Å². The predicted octanol–water partition coefficient (Wildman–Crippen LogP) is 0.519. The van der Waals surface area contributed by atoms with Gasteiger partial charge in [0, 0.05) is 0 Å². The lowest BCUT2D eigenvalue weighted by Crippen LogP contribution is -2.36. The average molecular weight is 223 g/mol. The van der Waals surface area contributed by atoms with Crippen molar-refractivity contribution in [3.8, 4) is 0 Å². The Labute approximate surface area is 86.6 Å². The molecule has 1 atom stereocenters. The second kappa shape index (κ2) is 7.20. The van der Waals surface area contributed by atoms with Gasteiger partial charge in [0.15, 0.2) is 9.84 Å². The first kappa shape index (κ1) is 13.9. The van der Waals surface area contributed by atoms with Crippen molar-refractivity contribution < 1.29 is 13.5 Å². The third-order valence-corrected chi connectivity index (χ3v) is 4.12. The standard InChI is InChI=1S/C9H21NO3S/c1-3-4-5-6-10-9(2)14(12,13)8-7-11/h9-11H,3-8H2,1-2H3. The number of rotatable bonds is 8. The van der Waals surface area contributed by atoms with Gasteiger partial charge in [0.2, 0.25) is 0 Å². The summed E-state index contributed by atoms with van der Waals surface area (Å²) in [5.41, 5.74) is 0. The van der Waals surface area contributed by atoms with Gasteiger partial charge in [-0.2, -0.15) is 0 Å². The highest BCUT2D eigenvalue weighted by molar-refractivity contribution is 7.91. The Morgan fingerprint density at radius 3 is 2.50 bits per heavy atom. The van der Waals surface area contributed by atoms with E-state index >= 15 is 0 Å². The summed E-state index contributed by atoms with van der Waals surface area (Å²) in [6.45, 7) is 4.14. The van der Waals surface area contributed by atoms with Crippen molar-refractivity contribution in [2.24, 2.45) is 0 Å². The molecule has 0 saturated carbocycles. The second-order valence-electron chi connectivity index (χ2n) is 3.39. The summed E-state index contributed by atoms with van der Waals surface area (Å²) in [5.74, 6) is -0.158. The smallest absolute Gasteiger partial charge is 0.168 e. The first-order valence-corrected chi connectivity index (χ1v) is 6.82. The van der Waals surface area contributed by atoms with Crippen LogP contribution in [0, 0.1) is 0 Å². The van der Waals surface area contributed by atoms with Crippen molar-refractivity contribution in [2.45, 2.75) is 38.5 Å². The number of aliphatic hydroxyl groups is 1. The zero-order valence-electron chi connectivity index (χ0n) is 8.99. The molecule has 0 aromatic heterocycles. The number of hydrogen-bond donors (Lipinski definition) is 2. The highest BCUT2D eigenvalue weighted by atomic mass is 32.2. The Morgan fingerprint density at radius 2 is 2.00 bits per heavy atom. The molecule has 0 saturated heterocycles. The molecule has 14 heavy (non-hydrogen) atoms. The van der Waals surface area contributed by atoms with Gasteiger partial charge in [-0.3, -0.25) is 0 Å². The van der Waals surface area contributed by atoms with E-state index in [4.69, 9.17) is 5.11 Å². The van der Waals surface area contributed by atoms with E-state index in [1.54, 1.807) is 6.92 Å². The van der Waals surface area contributed by atoms with Crippen molar-refractivity contribution in [3.63, 3.8) is 0 Å². The van der Waals surface area contributed by atoms with Gasteiger partial charge >= 0.3 is 0 Å². The van der Waals surface area contributed by atoms with E-state index in [0.29, 0.717) is 0 Å². The van der Waals surface area contributed by atoms with Gasteiger partial charge < -0.3 is 10.4 Å². The maximum Gasteiger partial charge on any atom is 0.168 e. The molecule has 0 heterocycles. The van der Waals surface area contributed by atoms with E-state index < -0.39 is 15.2 Å². The van der Waals surface area contributed by atoms with E-state index in [9.17, 15) is 8.42 Å². The van der Waals surface area contributed by atoms with Gasteiger partial charge in [0.25, 0.3) is 0 Å². The molecule has 0 amide bonds. The molecule has 5 heteroatoms. The summed E-state index contributed by atoms with van der Waals surface area (Å²) in [7, 11) is -3.16. The van der Waals surface area contributed by atoms with Crippen LogP contribution in [0.3, 0.4) is 0 Å². The van der Waals surface area contributed by atoms with Crippen LogP contribution in [0.15, 0.2) is 0 Å². The van der Waals surface area contributed by atoms with Crippen molar-refractivity contribution >= 4 is 9.84 Å². The van der Waals surface area contributed by atoms with Crippen LogP contribution in [-0.4, -0.2) is 37.8 Å².